The van der Waals surface area contributed by atoms with Crippen molar-refractivity contribution in [1.29, 1.82) is 0 Å². The van der Waals surface area contributed by atoms with E-state index in [-0.39, 0.29) is 0 Å². The van der Waals surface area contributed by atoms with Gasteiger partial charge in [0, 0.05) is 39.2 Å². The Labute approximate surface area is 187 Å². The van der Waals surface area contributed by atoms with Gasteiger partial charge in [0.2, 0.25) is 5.95 Å². The van der Waals surface area contributed by atoms with Crippen molar-refractivity contribution in [3.63, 3.8) is 0 Å². The van der Waals surface area contributed by atoms with E-state index in [0.717, 1.165) is 76.7 Å². The number of anilines is 1. The van der Waals surface area contributed by atoms with Gasteiger partial charge in [0.15, 0.2) is 0 Å². The first-order chi connectivity index (χ1) is 15.1. The molecule has 0 spiro atoms. The number of carboxylic acid groups (broad SMARTS) is 1. The Bertz CT molecular complexity index is 777. The van der Waals surface area contributed by atoms with E-state index in [1.165, 1.54) is 18.4 Å². The van der Waals surface area contributed by atoms with Gasteiger partial charge in [-0.2, -0.15) is 0 Å². The van der Waals surface area contributed by atoms with Crippen molar-refractivity contribution in [2.45, 2.75) is 58.9 Å². The third-order valence-electron chi connectivity index (χ3n) is 5.54. The molecule has 0 amide bonds. The summed E-state index contributed by atoms with van der Waals surface area (Å²) in [6, 6.07) is 8.39. The van der Waals surface area contributed by atoms with Crippen LogP contribution in [0.4, 0.5) is 5.95 Å². The highest BCUT2D eigenvalue weighted by Crippen LogP contribution is 2.23. The lowest BCUT2D eigenvalue weighted by Crippen LogP contribution is -2.31. The van der Waals surface area contributed by atoms with E-state index in [1.807, 2.05) is 6.92 Å². The van der Waals surface area contributed by atoms with Gasteiger partial charge in [-0.3, -0.25) is 4.79 Å². The minimum atomic E-state index is -0.675. The van der Waals surface area contributed by atoms with Gasteiger partial charge in [0.25, 0.3) is 0 Å². The van der Waals surface area contributed by atoms with Crippen molar-refractivity contribution in [3.8, 4) is 0 Å². The van der Waals surface area contributed by atoms with Crippen LogP contribution in [-0.4, -0.2) is 72.0 Å². The van der Waals surface area contributed by atoms with E-state index in [9.17, 15) is 4.79 Å². The smallest absolute Gasteiger partial charge is 0.303 e. The maximum Gasteiger partial charge on any atom is 0.303 e. The second kappa shape index (κ2) is 14.0. The van der Waals surface area contributed by atoms with Crippen LogP contribution in [0.1, 0.15) is 52.4 Å². The molecule has 1 fully saturated rings. The fourth-order valence-electron chi connectivity index (χ4n) is 3.77. The molecule has 1 saturated heterocycles. The Morgan fingerprint density at radius 2 is 1.90 bits per heavy atom. The van der Waals surface area contributed by atoms with Gasteiger partial charge in [-0.05, 0) is 45.5 Å². The third kappa shape index (κ3) is 8.50. The van der Waals surface area contributed by atoms with Crippen molar-refractivity contribution in [1.82, 2.24) is 14.5 Å². The van der Waals surface area contributed by atoms with Crippen LogP contribution in [-0.2, 0) is 16.1 Å². The van der Waals surface area contributed by atoms with Crippen LogP contribution in [0.25, 0.3) is 11.0 Å². The highest BCUT2D eigenvalue weighted by molar-refractivity contribution is 5.78. The summed E-state index contributed by atoms with van der Waals surface area (Å²) in [5.74, 6) is 0.419. The number of carbonyl (C=O) groups is 1. The molecule has 7 nitrogen and oxygen atoms in total. The van der Waals surface area contributed by atoms with Crippen molar-refractivity contribution < 1.29 is 14.6 Å². The van der Waals surface area contributed by atoms with Gasteiger partial charge in [-0.15, -0.1) is 0 Å². The van der Waals surface area contributed by atoms with Crippen molar-refractivity contribution in [2.24, 2.45) is 0 Å². The molecule has 2 heterocycles. The van der Waals surface area contributed by atoms with Crippen LogP contribution in [0, 0.1) is 0 Å². The second-order valence-electron chi connectivity index (χ2n) is 8.10. The average Bonchev–Trinajstić information content (AvgIpc) is 2.98. The zero-order valence-corrected chi connectivity index (χ0v) is 19.6. The number of fused-ring (bicyclic) bond motifs is 1. The SMILES string of the molecule is CCCCCCC(=O)O.CCOCCn1c(N2CCCN(C)CC2)nc2ccccc21. The summed E-state index contributed by atoms with van der Waals surface area (Å²) >= 11 is 0. The van der Waals surface area contributed by atoms with Crippen molar-refractivity contribution >= 4 is 23.0 Å². The molecule has 1 aromatic heterocycles. The number of imidazole rings is 1. The maximum absolute atomic E-state index is 9.96. The number of ether oxygens (including phenoxy) is 1. The van der Waals surface area contributed by atoms with Crippen LogP contribution in [0.5, 0.6) is 0 Å². The van der Waals surface area contributed by atoms with E-state index in [1.54, 1.807) is 0 Å². The van der Waals surface area contributed by atoms with E-state index in [4.69, 9.17) is 14.8 Å². The zero-order valence-electron chi connectivity index (χ0n) is 19.6. The summed E-state index contributed by atoms with van der Waals surface area (Å²) in [6.45, 7) is 10.9. The Balaban J connectivity index is 0.000000323. The van der Waals surface area contributed by atoms with Crippen molar-refractivity contribution in [2.75, 3.05) is 51.3 Å². The number of carboxylic acids is 1. The van der Waals surface area contributed by atoms with E-state index >= 15 is 0 Å². The fraction of sp³-hybridized carbons (Fsp3) is 0.667. The average molecular weight is 433 g/mol. The molecule has 1 aliphatic heterocycles. The zero-order chi connectivity index (χ0) is 22.5. The highest BCUT2D eigenvalue weighted by Gasteiger charge is 2.19. The predicted molar refractivity (Wildman–Crippen MR) is 127 cm³/mol. The number of unbranched alkanes of at least 4 members (excludes halogenated alkanes) is 3. The summed E-state index contributed by atoms with van der Waals surface area (Å²) in [5, 5.41) is 8.21. The number of aromatic nitrogens is 2. The van der Waals surface area contributed by atoms with Gasteiger partial charge in [-0.1, -0.05) is 38.3 Å². The standard InChI is InChI=1S/C17H26N4O.C7H14O2/c1-3-22-14-13-21-16-8-5-4-7-15(16)18-17(21)20-10-6-9-19(2)11-12-20;1-2-3-4-5-6-7(8)9/h4-5,7-8H,3,6,9-14H2,1-2H3;2-6H2,1H3,(H,8,9). The van der Waals surface area contributed by atoms with Crippen LogP contribution in [0.15, 0.2) is 24.3 Å². The molecule has 2 aromatic rings. The van der Waals surface area contributed by atoms with Crippen LogP contribution >= 0.6 is 0 Å². The molecule has 3 rings (SSSR count). The molecule has 174 valence electrons. The Hall–Kier alpha value is -2.12. The summed E-state index contributed by atoms with van der Waals surface area (Å²) in [4.78, 5) is 19.7. The lowest BCUT2D eigenvalue weighted by Gasteiger charge is -2.23. The molecule has 0 saturated carbocycles. The number of para-hydroxylation sites is 2. The van der Waals surface area contributed by atoms with Crippen LogP contribution < -0.4 is 4.90 Å². The minimum Gasteiger partial charge on any atom is -0.481 e. The third-order valence-corrected chi connectivity index (χ3v) is 5.54. The predicted octanol–water partition coefficient (Wildman–Crippen LogP) is 4.26. The molecule has 0 atom stereocenters. The Kier molecular flexibility index (Phi) is 11.4. The lowest BCUT2D eigenvalue weighted by molar-refractivity contribution is -0.137. The quantitative estimate of drug-likeness (QED) is 0.566. The van der Waals surface area contributed by atoms with E-state index in [0.29, 0.717) is 6.42 Å². The van der Waals surface area contributed by atoms with Crippen LogP contribution in [0.2, 0.25) is 0 Å². The van der Waals surface area contributed by atoms with Gasteiger partial charge in [-0.25, -0.2) is 4.98 Å². The van der Waals surface area contributed by atoms with E-state index in [2.05, 4.69) is 52.6 Å². The number of aliphatic carboxylic acids is 1. The van der Waals surface area contributed by atoms with Gasteiger partial charge in [0.1, 0.15) is 0 Å². The minimum absolute atomic E-state index is 0.333. The molecule has 1 aromatic carbocycles. The normalized spacial score (nSPS) is 14.9. The second-order valence-corrected chi connectivity index (χ2v) is 8.10. The summed E-state index contributed by atoms with van der Waals surface area (Å²) < 4.78 is 7.88. The summed E-state index contributed by atoms with van der Waals surface area (Å²) in [6.07, 6.45) is 5.74. The molecular weight excluding hydrogens is 392 g/mol. The number of likely N-dealkylation sites (N-methyl/N-ethyl adjacent to an activating group) is 1. The molecule has 1 N–H and O–H groups in total. The number of hydrogen-bond acceptors (Lipinski definition) is 5. The van der Waals surface area contributed by atoms with Crippen molar-refractivity contribution in [3.05, 3.63) is 24.3 Å². The Morgan fingerprint density at radius 1 is 1.10 bits per heavy atom. The molecule has 0 radical (unpaired) electrons. The largest absolute Gasteiger partial charge is 0.481 e. The summed E-state index contributed by atoms with van der Waals surface area (Å²) in [5.41, 5.74) is 2.28. The first kappa shape index (κ1) is 25.1. The number of hydrogen-bond donors (Lipinski definition) is 1. The number of rotatable bonds is 10. The number of benzene rings is 1. The molecule has 0 aliphatic carbocycles. The van der Waals surface area contributed by atoms with Gasteiger partial charge in [0.05, 0.1) is 17.6 Å². The highest BCUT2D eigenvalue weighted by atomic mass is 16.5. The molecular formula is C24H40N4O3. The van der Waals surface area contributed by atoms with Gasteiger partial charge >= 0.3 is 5.97 Å². The molecule has 31 heavy (non-hydrogen) atoms. The maximum atomic E-state index is 9.96. The van der Waals surface area contributed by atoms with Crippen LogP contribution in [0.3, 0.4) is 0 Å². The fourth-order valence-corrected chi connectivity index (χ4v) is 3.77. The molecule has 0 unspecified atom stereocenters. The first-order valence-corrected chi connectivity index (χ1v) is 11.7. The Morgan fingerprint density at radius 3 is 2.65 bits per heavy atom. The monoisotopic (exact) mass is 432 g/mol. The topological polar surface area (TPSA) is 70.8 Å². The van der Waals surface area contributed by atoms with E-state index < -0.39 is 5.97 Å². The molecule has 0 bridgehead atoms. The van der Waals surface area contributed by atoms with Gasteiger partial charge < -0.3 is 24.2 Å². The number of nitrogens with zero attached hydrogens (tertiary/aromatic N) is 4. The first-order valence-electron chi connectivity index (χ1n) is 11.7. The molecule has 7 heteroatoms. The molecule has 1 aliphatic rings. The summed E-state index contributed by atoms with van der Waals surface area (Å²) in [7, 11) is 2.20. The lowest BCUT2D eigenvalue weighted by atomic mass is 10.2.